The number of phenols is 1. The molecule has 1 aromatic carbocycles. The lowest BCUT2D eigenvalue weighted by molar-refractivity contribution is -0.107. The van der Waals surface area contributed by atoms with Gasteiger partial charge in [-0.05, 0) is 18.6 Å². The smallest absolute Gasteiger partial charge is 0.164 e. The minimum Gasteiger partial charge on any atom is -0.504 e. The fourth-order valence-electron chi connectivity index (χ4n) is 1.26. The van der Waals surface area contributed by atoms with Crippen LogP contribution in [0.5, 0.6) is 11.5 Å². The zero-order valence-corrected chi connectivity index (χ0v) is 9.37. The number of hydrogen-bond donors (Lipinski definition) is 1. The Kier molecular flexibility index (Phi) is 3.95. The lowest BCUT2D eigenvalue weighted by atomic mass is 10.1. The van der Waals surface area contributed by atoms with E-state index in [-0.39, 0.29) is 5.75 Å². The average Bonchev–Trinajstić information content (AvgIpc) is 2.19. The highest BCUT2D eigenvalue weighted by atomic mass is 79.9. The van der Waals surface area contributed by atoms with Crippen molar-refractivity contribution in [1.29, 1.82) is 0 Å². The maximum atomic E-state index is 10.3. The van der Waals surface area contributed by atoms with Crippen LogP contribution in [0.1, 0.15) is 12.0 Å². The van der Waals surface area contributed by atoms with E-state index >= 15 is 0 Å². The number of hydrogen-bond acceptors (Lipinski definition) is 3. The van der Waals surface area contributed by atoms with Crippen LogP contribution in [0.2, 0.25) is 0 Å². The highest BCUT2D eigenvalue weighted by Crippen LogP contribution is 2.35. The summed E-state index contributed by atoms with van der Waals surface area (Å²) < 4.78 is 5.90. The fraction of sp³-hybridized carbons (Fsp3) is 0.300. The van der Waals surface area contributed by atoms with Gasteiger partial charge in [0.25, 0.3) is 0 Å². The standard InChI is InChI=1S/C10H11BrO3/c1-14-10-7(3-2-6-12)8(11)4-5-9(10)13/h4-6,13H,2-3H2,1H3. The van der Waals surface area contributed by atoms with E-state index in [4.69, 9.17) is 4.74 Å². The van der Waals surface area contributed by atoms with Gasteiger partial charge >= 0.3 is 0 Å². The number of benzene rings is 1. The second-order valence-corrected chi connectivity index (χ2v) is 3.64. The van der Waals surface area contributed by atoms with Gasteiger partial charge in [0.1, 0.15) is 6.29 Å². The van der Waals surface area contributed by atoms with Crippen LogP contribution in [-0.4, -0.2) is 18.5 Å². The van der Waals surface area contributed by atoms with Gasteiger partial charge in [-0.2, -0.15) is 0 Å². The first-order chi connectivity index (χ1) is 6.70. The minimum absolute atomic E-state index is 0.0941. The molecule has 0 saturated heterocycles. The van der Waals surface area contributed by atoms with Gasteiger partial charge in [0, 0.05) is 16.5 Å². The molecular formula is C10H11BrO3. The maximum absolute atomic E-state index is 10.3. The Hall–Kier alpha value is -1.03. The number of rotatable bonds is 4. The van der Waals surface area contributed by atoms with Gasteiger partial charge in [-0.3, -0.25) is 0 Å². The van der Waals surface area contributed by atoms with Crippen LogP contribution in [0.3, 0.4) is 0 Å². The molecule has 0 aliphatic rings. The van der Waals surface area contributed by atoms with E-state index < -0.39 is 0 Å². The van der Waals surface area contributed by atoms with Crippen molar-refractivity contribution in [2.24, 2.45) is 0 Å². The van der Waals surface area contributed by atoms with Gasteiger partial charge in [-0.25, -0.2) is 0 Å². The van der Waals surface area contributed by atoms with Crippen molar-refractivity contribution in [3.63, 3.8) is 0 Å². The Morgan fingerprint density at radius 1 is 1.57 bits per heavy atom. The van der Waals surface area contributed by atoms with Gasteiger partial charge in [0.05, 0.1) is 7.11 Å². The van der Waals surface area contributed by atoms with Crippen LogP contribution in [0.4, 0.5) is 0 Å². The molecule has 0 heterocycles. The van der Waals surface area contributed by atoms with Crippen molar-refractivity contribution in [1.82, 2.24) is 0 Å². The number of carbonyl (C=O) groups is 1. The summed E-state index contributed by atoms with van der Waals surface area (Å²) in [7, 11) is 1.49. The van der Waals surface area contributed by atoms with E-state index in [1.807, 2.05) is 0 Å². The van der Waals surface area contributed by atoms with Crippen molar-refractivity contribution >= 4 is 22.2 Å². The Bertz CT molecular complexity index is 336. The second-order valence-electron chi connectivity index (χ2n) is 2.78. The van der Waals surface area contributed by atoms with Crippen molar-refractivity contribution in [2.75, 3.05) is 7.11 Å². The molecule has 0 aliphatic heterocycles. The maximum Gasteiger partial charge on any atom is 0.164 e. The van der Waals surface area contributed by atoms with Crippen LogP contribution in [0.15, 0.2) is 16.6 Å². The number of aromatic hydroxyl groups is 1. The molecule has 4 heteroatoms. The van der Waals surface area contributed by atoms with E-state index in [0.29, 0.717) is 18.6 Å². The summed E-state index contributed by atoms with van der Waals surface area (Å²) in [5.74, 6) is 0.526. The summed E-state index contributed by atoms with van der Waals surface area (Å²) >= 11 is 3.35. The highest BCUT2D eigenvalue weighted by molar-refractivity contribution is 9.10. The van der Waals surface area contributed by atoms with E-state index in [9.17, 15) is 9.90 Å². The van der Waals surface area contributed by atoms with Crippen LogP contribution in [0.25, 0.3) is 0 Å². The van der Waals surface area contributed by atoms with Crippen molar-refractivity contribution in [2.45, 2.75) is 12.8 Å². The summed E-state index contributed by atoms with van der Waals surface area (Å²) in [6.45, 7) is 0. The Morgan fingerprint density at radius 2 is 2.29 bits per heavy atom. The van der Waals surface area contributed by atoms with E-state index in [1.54, 1.807) is 12.1 Å². The molecule has 0 aliphatic carbocycles. The monoisotopic (exact) mass is 258 g/mol. The third-order valence-electron chi connectivity index (χ3n) is 1.90. The number of halogens is 1. The average molecular weight is 259 g/mol. The summed E-state index contributed by atoms with van der Waals surface area (Å²) in [5.41, 5.74) is 0.819. The lowest BCUT2D eigenvalue weighted by Crippen LogP contribution is -1.94. The molecule has 0 fully saturated rings. The second kappa shape index (κ2) is 5.00. The molecule has 76 valence electrons. The number of phenolic OH excluding ortho intramolecular Hbond substituents is 1. The first-order valence-electron chi connectivity index (χ1n) is 4.18. The van der Waals surface area contributed by atoms with Crippen LogP contribution in [0, 0.1) is 0 Å². The molecular weight excluding hydrogens is 248 g/mol. The van der Waals surface area contributed by atoms with Crippen LogP contribution in [-0.2, 0) is 11.2 Å². The molecule has 0 atom stereocenters. The molecule has 1 N–H and O–H groups in total. The number of aldehydes is 1. The molecule has 0 amide bonds. The van der Waals surface area contributed by atoms with Crippen molar-refractivity contribution in [3.05, 3.63) is 22.2 Å². The van der Waals surface area contributed by atoms with Gasteiger partial charge in [0.2, 0.25) is 0 Å². The van der Waals surface area contributed by atoms with E-state index in [0.717, 1.165) is 16.3 Å². The van der Waals surface area contributed by atoms with Crippen molar-refractivity contribution < 1.29 is 14.6 Å². The number of ether oxygens (including phenoxy) is 1. The molecule has 0 unspecified atom stereocenters. The minimum atomic E-state index is 0.0941. The Balaban J connectivity index is 3.08. The van der Waals surface area contributed by atoms with Gasteiger partial charge in [0.15, 0.2) is 11.5 Å². The van der Waals surface area contributed by atoms with Crippen LogP contribution >= 0.6 is 15.9 Å². The molecule has 0 aromatic heterocycles. The number of methoxy groups -OCH3 is 1. The third kappa shape index (κ3) is 2.26. The predicted molar refractivity (Wildman–Crippen MR) is 56.7 cm³/mol. The summed E-state index contributed by atoms with van der Waals surface area (Å²) in [6, 6.07) is 3.28. The summed E-state index contributed by atoms with van der Waals surface area (Å²) in [6.07, 6.45) is 1.82. The molecule has 0 spiro atoms. The van der Waals surface area contributed by atoms with Gasteiger partial charge in [-0.15, -0.1) is 0 Å². The Labute approximate surface area is 90.8 Å². The molecule has 1 aromatic rings. The largest absolute Gasteiger partial charge is 0.504 e. The summed E-state index contributed by atoms with van der Waals surface area (Å²) in [5, 5.41) is 9.48. The SMILES string of the molecule is COc1c(O)ccc(Br)c1CCC=O. The van der Waals surface area contributed by atoms with Gasteiger partial charge in [-0.1, -0.05) is 15.9 Å². The van der Waals surface area contributed by atoms with Crippen LogP contribution < -0.4 is 4.74 Å². The quantitative estimate of drug-likeness (QED) is 0.844. The molecule has 14 heavy (non-hydrogen) atoms. The molecule has 0 bridgehead atoms. The predicted octanol–water partition coefficient (Wildman–Crippen LogP) is 2.29. The van der Waals surface area contributed by atoms with E-state index in [1.165, 1.54) is 7.11 Å². The molecule has 1 rings (SSSR count). The van der Waals surface area contributed by atoms with E-state index in [2.05, 4.69) is 15.9 Å². The first kappa shape index (κ1) is 11.0. The zero-order chi connectivity index (χ0) is 10.6. The van der Waals surface area contributed by atoms with Gasteiger partial charge < -0.3 is 14.6 Å². The fourth-order valence-corrected chi connectivity index (χ4v) is 1.77. The highest BCUT2D eigenvalue weighted by Gasteiger charge is 2.11. The normalized spacial score (nSPS) is 9.86. The third-order valence-corrected chi connectivity index (χ3v) is 2.64. The Morgan fingerprint density at radius 3 is 2.86 bits per heavy atom. The summed E-state index contributed by atoms with van der Waals surface area (Å²) in [4.78, 5) is 10.3. The zero-order valence-electron chi connectivity index (χ0n) is 7.79. The lowest BCUT2D eigenvalue weighted by Gasteiger charge is -2.10. The molecule has 0 saturated carbocycles. The number of carbonyl (C=O) groups excluding carboxylic acids is 1. The molecule has 3 nitrogen and oxygen atoms in total. The van der Waals surface area contributed by atoms with Crippen molar-refractivity contribution in [3.8, 4) is 11.5 Å². The molecule has 0 radical (unpaired) electrons. The topological polar surface area (TPSA) is 46.5 Å². The first-order valence-corrected chi connectivity index (χ1v) is 4.98.